The number of methoxy groups -OCH3 is 1. The fourth-order valence-electron chi connectivity index (χ4n) is 3.41. The molecule has 2 aromatic rings. The largest absolute Gasteiger partial charge is 0.490 e. The number of nitrogens with zero attached hydrogens (tertiary/aromatic N) is 3. The number of furan rings is 1. The van der Waals surface area contributed by atoms with Crippen molar-refractivity contribution in [3.63, 3.8) is 0 Å². The van der Waals surface area contributed by atoms with Gasteiger partial charge in [-0.25, -0.2) is 4.79 Å². The van der Waals surface area contributed by atoms with Crippen LogP contribution in [-0.4, -0.2) is 52.2 Å². The summed E-state index contributed by atoms with van der Waals surface area (Å²) in [5.41, 5.74) is 2.74. The highest BCUT2D eigenvalue weighted by molar-refractivity contribution is 5.73. The molecule has 2 aromatic heterocycles. The lowest BCUT2D eigenvalue weighted by atomic mass is 9.95. The maximum atomic E-state index is 10.6. The molecular formula is C19H24F3N3O4. The van der Waals surface area contributed by atoms with Gasteiger partial charge in [-0.15, -0.1) is 0 Å². The summed E-state index contributed by atoms with van der Waals surface area (Å²) in [5, 5.41) is 11.8. The summed E-state index contributed by atoms with van der Waals surface area (Å²) in [6, 6.07) is 4.00. The van der Waals surface area contributed by atoms with Crippen LogP contribution in [0.2, 0.25) is 0 Å². The first kappa shape index (κ1) is 21.4. The zero-order valence-corrected chi connectivity index (χ0v) is 16.1. The van der Waals surface area contributed by atoms with Crippen LogP contribution in [0.15, 0.2) is 29.0 Å². The molecule has 3 heterocycles. The number of fused-ring (bicyclic) bond motifs is 1. The van der Waals surface area contributed by atoms with E-state index in [0.29, 0.717) is 5.92 Å². The van der Waals surface area contributed by atoms with Crippen molar-refractivity contribution in [3.8, 4) is 0 Å². The summed E-state index contributed by atoms with van der Waals surface area (Å²) >= 11 is 0. The molecule has 1 saturated carbocycles. The van der Waals surface area contributed by atoms with Gasteiger partial charge < -0.3 is 14.3 Å². The van der Waals surface area contributed by atoms with Gasteiger partial charge in [-0.3, -0.25) is 9.58 Å². The Balaban J connectivity index is 0.000000298. The third kappa shape index (κ3) is 5.83. The Hall–Kier alpha value is -2.33. The van der Waals surface area contributed by atoms with E-state index in [9.17, 15) is 13.2 Å². The SMILES string of the molecule is COCC1CN(Cc2ccco2)Cc2c1cnn2CC1CC1.O=C(O)C(F)(F)F. The highest BCUT2D eigenvalue weighted by Gasteiger charge is 2.38. The minimum absolute atomic E-state index is 0.400. The Morgan fingerprint density at radius 2 is 2.14 bits per heavy atom. The molecule has 0 aromatic carbocycles. The lowest BCUT2D eigenvalue weighted by molar-refractivity contribution is -0.192. The first-order chi connectivity index (χ1) is 13.8. The number of carboxylic acid groups (broad SMARTS) is 1. The normalized spacial score (nSPS) is 19.4. The van der Waals surface area contributed by atoms with Crippen LogP contribution in [0.25, 0.3) is 0 Å². The standard InChI is InChI=1S/C17H23N3O2.C2HF3O2/c1-21-12-14-9-19(10-15-3-2-6-22-15)11-17-16(14)7-18-20(17)8-13-4-5-13;3-2(4,5)1(6)7/h2-3,6-7,13-14H,4-5,8-12H2,1H3;(H,6,7). The van der Waals surface area contributed by atoms with Crippen LogP contribution in [0.3, 0.4) is 0 Å². The average Bonchev–Trinajstić information content (AvgIpc) is 3.14. The van der Waals surface area contributed by atoms with Crippen LogP contribution in [-0.2, 0) is 29.2 Å². The molecule has 10 heteroatoms. The van der Waals surface area contributed by atoms with E-state index in [1.54, 1.807) is 13.4 Å². The third-order valence-corrected chi connectivity index (χ3v) is 4.97. The number of ether oxygens (including phenoxy) is 1. The van der Waals surface area contributed by atoms with Crippen molar-refractivity contribution in [2.75, 3.05) is 20.3 Å². The third-order valence-electron chi connectivity index (χ3n) is 4.97. The molecule has 1 N–H and O–H groups in total. The lowest BCUT2D eigenvalue weighted by Gasteiger charge is -2.32. The van der Waals surface area contributed by atoms with Gasteiger partial charge in [-0.05, 0) is 30.9 Å². The summed E-state index contributed by atoms with van der Waals surface area (Å²) in [6.07, 6.45) is 1.43. The minimum Gasteiger partial charge on any atom is -0.475 e. The second-order valence-corrected chi connectivity index (χ2v) is 7.38. The molecule has 1 fully saturated rings. The van der Waals surface area contributed by atoms with E-state index in [4.69, 9.17) is 19.1 Å². The maximum absolute atomic E-state index is 10.6. The van der Waals surface area contributed by atoms with E-state index in [1.165, 1.54) is 24.1 Å². The molecule has 7 nitrogen and oxygen atoms in total. The van der Waals surface area contributed by atoms with Crippen molar-refractivity contribution in [1.82, 2.24) is 14.7 Å². The van der Waals surface area contributed by atoms with E-state index >= 15 is 0 Å². The predicted molar refractivity (Wildman–Crippen MR) is 96.1 cm³/mol. The minimum atomic E-state index is -5.08. The Bertz CT molecular complexity index is 800. The molecule has 1 aliphatic carbocycles. The maximum Gasteiger partial charge on any atom is 0.490 e. The number of aromatic nitrogens is 2. The van der Waals surface area contributed by atoms with Crippen molar-refractivity contribution < 1.29 is 32.2 Å². The van der Waals surface area contributed by atoms with Gasteiger partial charge in [0, 0.05) is 38.2 Å². The molecule has 0 bridgehead atoms. The lowest BCUT2D eigenvalue weighted by Crippen LogP contribution is -2.35. The fourth-order valence-corrected chi connectivity index (χ4v) is 3.41. The molecule has 0 amide bonds. The fraction of sp³-hybridized carbons (Fsp3) is 0.579. The van der Waals surface area contributed by atoms with Gasteiger partial charge in [-0.1, -0.05) is 0 Å². The Labute approximate surface area is 166 Å². The highest BCUT2D eigenvalue weighted by Crippen LogP contribution is 2.34. The summed E-state index contributed by atoms with van der Waals surface area (Å²) in [5.74, 6) is -0.498. The van der Waals surface area contributed by atoms with E-state index in [1.807, 2.05) is 12.1 Å². The molecule has 1 atom stereocenters. The molecule has 1 unspecified atom stereocenters. The van der Waals surface area contributed by atoms with Crippen molar-refractivity contribution in [2.24, 2.45) is 5.92 Å². The molecule has 0 radical (unpaired) electrons. The van der Waals surface area contributed by atoms with Crippen LogP contribution in [0, 0.1) is 5.92 Å². The Kier molecular flexibility index (Phi) is 6.63. The second-order valence-electron chi connectivity index (χ2n) is 7.38. The van der Waals surface area contributed by atoms with Crippen LogP contribution in [0.4, 0.5) is 13.2 Å². The zero-order chi connectivity index (χ0) is 21.0. The number of carboxylic acids is 1. The smallest absolute Gasteiger partial charge is 0.475 e. The molecule has 1 aliphatic heterocycles. The van der Waals surface area contributed by atoms with Crippen molar-refractivity contribution in [3.05, 3.63) is 41.6 Å². The van der Waals surface area contributed by atoms with Gasteiger partial charge >= 0.3 is 12.1 Å². The molecule has 29 heavy (non-hydrogen) atoms. The molecule has 0 saturated heterocycles. The van der Waals surface area contributed by atoms with Crippen molar-refractivity contribution in [1.29, 1.82) is 0 Å². The van der Waals surface area contributed by atoms with Gasteiger partial charge in [0.15, 0.2) is 0 Å². The number of carbonyl (C=O) groups is 1. The highest BCUT2D eigenvalue weighted by atomic mass is 19.4. The second kappa shape index (κ2) is 9.00. The number of hydrogen-bond acceptors (Lipinski definition) is 5. The van der Waals surface area contributed by atoms with Gasteiger partial charge in [0.05, 0.1) is 31.3 Å². The number of aliphatic carboxylic acids is 1. The molecule has 4 rings (SSSR count). The first-order valence-electron chi connectivity index (χ1n) is 9.36. The average molecular weight is 415 g/mol. The molecule has 2 aliphatic rings. The number of rotatable bonds is 6. The predicted octanol–water partition coefficient (Wildman–Crippen LogP) is 3.27. The summed E-state index contributed by atoms with van der Waals surface area (Å²) in [6.45, 7) is 4.61. The van der Waals surface area contributed by atoms with Gasteiger partial charge in [-0.2, -0.15) is 18.3 Å². The Morgan fingerprint density at radius 1 is 1.41 bits per heavy atom. The topological polar surface area (TPSA) is 80.7 Å². The van der Waals surface area contributed by atoms with E-state index in [2.05, 4.69) is 20.9 Å². The van der Waals surface area contributed by atoms with E-state index < -0.39 is 12.1 Å². The molecule has 160 valence electrons. The van der Waals surface area contributed by atoms with Crippen LogP contribution >= 0.6 is 0 Å². The summed E-state index contributed by atoms with van der Waals surface area (Å²) < 4.78 is 44.9. The zero-order valence-electron chi connectivity index (χ0n) is 16.1. The van der Waals surface area contributed by atoms with Crippen molar-refractivity contribution in [2.45, 2.75) is 44.6 Å². The van der Waals surface area contributed by atoms with Gasteiger partial charge in [0.2, 0.25) is 0 Å². The van der Waals surface area contributed by atoms with Crippen LogP contribution < -0.4 is 0 Å². The van der Waals surface area contributed by atoms with E-state index in [0.717, 1.165) is 44.5 Å². The van der Waals surface area contributed by atoms with Gasteiger partial charge in [0.1, 0.15) is 5.76 Å². The monoisotopic (exact) mass is 415 g/mol. The molecule has 0 spiro atoms. The number of hydrogen-bond donors (Lipinski definition) is 1. The van der Waals surface area contributed by atoms with Crippen LogP contribution in [0.1, 0.15) is 35.8 Å². The van der Waals surface area contributed by atoms with Crippen molar-refractivity contribution >= 4 is 5.97 Å². The quantitative estimate of drug-likeness (QED) is 0.780. The van der Waals surface area contributed by atoms with Crippen LogP contribution in [0.5, 0.6) is 0 Å². The Morgan fingerprint density at radius 3 is 2.69 bits per heavy atom. The first-order valence-corrected chi connectivity index (χ1v) is 9.36. The molecular weight excluding hydrogens is 391 g/mol. The number of halogens is 3. The summed E-state index contributed by atoms with van der Waals surface area (Å²) in [4.78, 5) is 11.3. The number of alkyl halides is 3. The van der Waals surface area contributed by atoms with Gasteiger partial charge in [0.25, 0.3) is 0 Å². The van der Waals surface area contributed by atoms with E-state index in [-0.39, 0.29) is 0 Å². The summed E-state index contributed by atoms with van der Waals surface area (Å²) in [7, 11) is 1.78.